The highest BCUT2D eigenvalue weighted by atomic mass is 16.5. The fourth-order valence-corrected chi connectivity index (χ4v) is 3.84. The average molecular weight is 350 g/mol. The molecule has 0 aromatic heterocycles. The molecule has 2 heterocycles. The van der Waals surface area contributed by atoms with E-state index in [9.17, 15) is 9.59 Å². The monoisotopic (exact) mass is 350 g/mol. The van der Waals surface area contributed by atoms with Crippen LogP contribution in [-0.2, 0) is 22.6 Å². The van der Waals surface area contributed by atoms with Gasteiger partial charge in [0.2, 0.25) is 11.8 Å². The van der Waals surface area contributed by atoms with E-state index in [0.29, 0.717) is 18.8 Å². The van der Waals surface area contributed by atoms with Crippen molar-refractivity contribution in [2.45, 2.75) is 19.4 Å². The first-order valence-electron chi connectivity index (χ1n) is 8.95. The van der Waals surface area contributed by atoms with Gasteiger partial charge in [0.1, 0.15) is 5.75 Å². The van der Waals surface area contributed by atoms with E-state index in [1.54, 1.807) is 12.0 Å². The average Bonchev–Trinajstić information content (AvgIpc) is 3.08. The topological polar surface area (TPSA) is 49.9 Å². The molecule has 5 heteroatoms. The normalized spacial score (nSPS) is 19.4. The smallest absolute Gasteiger partial charge is 0.228 e. The highest BCUT2D eigenvalue weighted by molar-refractivity contribution is 6.00. The number of nitrogens with zero attached hydrogens (tertiary/aromatic N) is 2. The van der Waals surface area contributed by atoms with Crippen LogP contribution in [0.2, 0.25) is 0 Å². The molecule has 4 rings (SSSR count). The molecule has 2 aromatic carbocycles. The molecule has 0 bridgehead atoms. The molecule has 2 amide bonds. The third-order valence-corrected chi connectivity index (χ3v) is 5.28. The number of hydrogen-bond acceptors (Lipinski definition) is 3. The highest BCUT2D eigenvalue weighted by Gasteiger charge is 2.37. The van der Waals surface area contributed by atoms with Gasteiger partial charge in [-0.05, 0) is 29.7 Å². The number of anilines is 1. The molecule has 2 aromatic rings. The van der Waals surface area contributed by atoms with Gasteiger partial charge in [-0.15, -0.1) is 0 Å². The SMILES string of the molecule is COc1cccc(N2CC(C(=O)N3CCc4ccccc4C3)CC2=O)c1. The predicted molar refractivity (Wildman–Crippen MR) is 99.0 cm³/mol. The second-order valence-corrected chi connectivity index (χ2v) is 6.89. The van der Waals surface area contributed by atoms with Crippen molar-refractivity contribution < 1.29 is 14.3 Å². The van der Waals surface area contributed by atoms with Gasteiger partial charge in [-0.1, -0.05) is 30.3 Å². The number of benzene rings is 2. The molecule has 0 N–H and O–H groups in total. The molecule has 0 saturated carbocycles. The number of methoxy groups -OCH3 is 1. The largest absolute Gasteiger partial charge is 0.497 e. The maximum absolute atomic E-state index is 13.0. The van der Waals surface area contributed by atoms with Gasteiger partial charge >= 0.3 is 0 Å². The van der Waals surface area contributed by atoms with Crippen LogP contribution >= 0.6 is 0 Å². The summed E-state index contributed by atoms with van der Waals surface area (Å²) in [7, 11) is 1.60. The maximum atomic E-state index is 13.0. The van der Waals surface area contributed by atoms with Gasteiger partial charge in [-0.25, -0.2) is 0 Å². The van der Waals surface area contributed by atoms with E-state index in [1.165, 1.54) is 11.1 Å². The Morgan fingerprint density at radius 1 is 1.12 bits per heavy atom. The summed E-state index contributed by atoms with van der Waals surface area (Å²) in [6.07, 6.45) is 1.15. The van der Waals surface area contributed by atoms with Crippen molar-refractivity contribution in [3.05, 3.63) is 59.7 Å². The van der Waals surface area contributed by atoms with E-state index in [1.807, 2.05) is 41.3 Å². The van der Waals surface area contributed by atoms with Crippen LogP contribution in [0.1, 0.15) is 17.5 Å². The highest BCUT2D eigenvalue weighted by Crippen LogP contribution is 2.30. The molecule has 1 atom stereocenters. The standard InChI is InChI=1S/C21H22N2O3/c1-26-19-8-4-7-18(12-19)23-14-17(11-20(23)24)21(25)22-10-9-15-5-2-3-6-16(15)13-22/h2-8,12,17H,9-11,13-14H2,1H3. The van der Waals surface area contributed by atoms with Crippen LogP contribution in [0.5, 0.6) is 5.75 Å². The first-order valence-corrected chi connectivity index (χ1v) is 8.95. The van der Waals surface area contributed by atoms with Gasteiger partial charge in [0.25, 0.3) is 0 Å². The molecule has 26 heavy (non-hydrogen) atoms. The van der Waals surface area contributed by atoms with Crippen LogP contribution in [0, 0.1) is 5.92 Å². The lowest BCUT2D eigenvalue weighted by atomic mass is 9.98. The summed E-state index contributed by atoms with van der Waals surface area (Å²) in [6.45, 7) is 1.79. The molecule has 5 nitrogen and oxygen atoms in total. The van der Waals surface area contributed by atoms with Gasteiger partial charge < -0.3 is 14.5 Å². The van der Waals surface area contributed by atoms with E-state index < -0.39 is 0 Å². The molecule has 1 unspecified atom stereocenters. The third-order valence-electron chi connectivity index (χ3n) is 5.28. The number of carbonyl (C=O) groups is 2. The van der Waals surface area contributed by atoms with Crippen molar-refractivity contribution in [2.75, 3.05) is 25.1 Å². The molecule has 2 aliphatic rings. The Labute approximate surface area is 153 Å². The zero-order valence-corrected chi connectivity index (χ0v) is 14.9. The summed E-state index contributed by atoms with van der Waals surface area (Å²) in [5.74, 6) is 0.504. The number of fused-ring (bicyclic) bond motifs is 1. The first kappa shape index (κ1) is 16.6. The van der Waals surface area contributed by atoms with E-state index in [2.05, 4.69) is 12.1 Å². The number of hydrogen-bond donors (Lipinski definition) is 0. The summed E-state index contributed by atoms with van der Waals surface area (Å²) in [6, 6.07) is 15.7. The van der Waals surface area contributed by atoms with Gasteiger partial charge in [0.05, 0.1) is 13.0 Å². The van der Waals surface area contributed by atoms with Crippen molar-refractivity contribution in [3.63, 3.8) is 0 Å². The lowest BCUT2D eigenvalue weighted by Gasteiger charge is -2.30. The molecule has 1 fully saturated rings. The Morgan fingerprint density at radius 3 is 2.73 bits per heavy atom. The van der Waals surface area contributed by atoms with Gasteiger partial charge in [-0.2, -0.15) is 0 Å². The van der Waals surface area contributed by atoms with Crippen LogP contribution in [0.4, 0.5) is 5.69 Å². The number of rotatable bonds is 3. The zero-order valence-electron chi connectivity index (χ0n) is 14.9. The Kier molecular flexibility index (Phi) is 4.37. The maximum Gasteiger partial charge on any atom is 0.228 e. The summed E-state index contributed by atoms with van der Waals surface area (Å²) in [5.41, 5.74) is 3.31. The van der Waals surface area contributed by atoms with E-state index in [4.69, 9.17) is 4.74 Å². The number of ether oxygens (including phenoxy) is 1. The minimum absolute atomic E-state index is 0.00554. The lowest BCUT2D eigenvalue weighted by Crippen LogP contribution is -2.40. The van der Waals surface area contributed by atoms with Crippen molar-refractivity contribution in [1.82, 2.24) is 4.90 Å². The second-order valence-electron chi connectivity index (χ2n) is 6.89. The number of amides is 2. The Morgan fingerprint density at radius 2 is 1.92 bits per heavy atom. The molecule has 0 radical (unpaired) electrons. The molecule has 134 valence electrons. The van der Waals surface area contributed by atoms with Crippen molar-refractivity contribution in [1.29, 1.82) is 0 Å². The summed E-state index contributed by atoms with van der Waals surface area (Å²) in [4.78, 5) is 29.1. The van der Waals surface area contributed by atoms with Crippen molar-refractivity contribution >= 4 is 17.5 Å². The fourth-order valence-electron chi connectivity index (χ4n) is 3.84. The summed E-state index contributed by atoms with van der Waals surface area (Å²) in [5, 5.41) is 0. The minimum atomic E-state index is -0.279. The van der Waals surface area contributed by atoms with E-state index in [-0.39, 0.29) is 24.2 Å². The molecule has 0 aliphatic carbocycles. The van der Waals surface area contributed by atoms with Crippen LogP contribution in [0.3, 0.4) is 0 Å². The quantitative estimate of drug-likeness (QED) is 0.855. The lowest BCUT2D eigenvalue weighted by molar-refractivity contribution is -0.136. The first-order chi connectivity index (χ1) is 12.7. The van der Waals surface area contributed by atoms with E-state index >= 15 is 0 Å². The Hall–Kier alpha value is -2.82. The summed E-state index contributed by atoms with van der Waals surface area (Å²) >= 11 is 0. The van der Waals surface area contributed by atoms with Crippen LogP contribution in [0.25, 0.3) is 0 Å². The molecular weight excluding hydrogens is 328 g/mol. The van der Waals surface area contributed by atoms with Crippen LogP contribution in [0.15, 0.2) is 48.5 Å². The van der Waals surface area contributed by atoms with Crippen LogP contribution in [-0.4, -0.2) is 36.9 Å². The minimum Gasteiger partial charge on any atom is -0.497 e. The van der Waals surface area contributed by atoms with Gasteiger partial charge in [-0.3, -0.25) is 9.59 Å². The fraction of sp³-hybridized carbons (Fsp3) is 0.333. The van der Waals surface area contributed by atoms with E-state index in [0.717, 1.165) is 18.7 Å². The molecular formula is C21H22N2O3. The molecule has 2 aliphatic heterocycles. The number of carbonyl (C=O) groups excluding carboxylic acids is 2. The predicted octanol–water partition coefficient (Wildman–Crippen LogP) is 2.63. The van der Waals surface area contributed by atoms with Gasteiger partial charge in [0, 0.05) is 37.8 Å². The second kappa shape index (κ2) is 6.83. The summed E-state index contributed by atoms with van der Waals surface area (Å²) < 4.78 is 5.24. The molecule has 0 spiro atoms. The Balaban J connectivity index is 1.47. The van der Waals surface area contributed by atoms with Crippen LogP contribution < -0.4 is 9.64 Å². The van der Waals surface area contributed by atoms with Crippen molar-refractivity contribution in [2.24, 2.45) is 5.92 Å². The third kappa shape index (κ3) is 3.05. The Bertz CT molecular complexity index is 849. The van der Waals surface area contributed by atoms with Gasteiger partial charge in [0.15, 0.2) is 0 Å². The van der Waals surface area contributed by atoms with Crippen molar-refractivity contribution in [3.8, 4) is 5.75 Å². The molecule has 1 saturated heterocycles. The zero-order chi connectivity index (χ0) is 18.1.